The molecule has 0 aromatic heterocycles. The van der Waals surface area contributed by atoms with Gasteiger partial charge in [-0.2, -0.15) is 0 Å². The maximum absolute atomic E-state index is 12.9. The highest BCUT2D eigenvalue weighted by molar-refractivity contribution is 5.79. The van der Waals surface area contributed by atoms with Crippen LogP contribution in [-0.2, 0) is 11.2 Å². The third-order valence-corrected chi connectivity index (χ3v) is 5.72. The van der Waals surface area contributed by atoms with Crippen molar-refractivity contribution in [1.82, 2.24) is 4.90 Å². The summed E-state index contributed by atoms with van der Waals surface area (Å²) in [5.74, 6) is 0.737. The summed E-state index contributed by atoms with van der Waals surface area (Å²) < 4.78 is 0. The average Bonchev–Trinajstić information content (AvgIpc) is 2.92. The van der Waals surface area contributed by atoms with E-state index in [1.54, 1.807) is 4.90 Å². The van der Waals surface area contributed by atoms with Gasteiger partial charge in [0.1, 0.15) is 0 Å². The molecule has 2 unspecified atom stereocenters. The fourth-order valence-electron chi connectivity index (χ4n) is 4.33. The fraction of sp³-hybridized carbons (Fsp3) is 0.667. The molecular formula is C21H33N2O+. The molecule has 2 aliphatic rings. The SMILES string of the molecule is O=C(C1CCC[NH+](CCCc2ccccc2)C1)N1CCCCCC1. The summed E-state index contributed by atoms with van der Waals surface area (Å²) in [5.41, 5.74) is 1.44. The summed E-state index contributed by atoms with van der Waals surface area (Å²) in [7, 11) is 0. The molecule has 0 bridgehead atoms. The predicted octanol–water partition coefficient (Wildman–Crippen LogP) is 2.32. The highest BCUT2D eigenvalue weighted by Crippen LogP contribution is 2.16. The second-order valence-corrected chi connectivity index (χ2v) is 7.62. The Kier molecular flexibility index (Phi) is 6.71. The minimum Gasteiger partial charge on any atom is -0.342 e. The quantitative estimate of drug-likeness (QED) is 0.881. The van der Waals surface area contributed by atoms with Gasteiger partial charge >= 0.3 is 0 Å². The van der Waals surface area contributed by atoms with E-state index in [1.807, 2.05) is 0 Å². The molecular weight excluding hydrogens is 296 g/mol. The summed E-state index contributed by atoms with van der Waals surface area (Å²) >= 11 is 0. The lowest BCUT2D eigenvalue weighted by molar-refractivity contribution is -0.907. The van der Waals surface area contributed by atoms with Gasteiger partial charge in [-0.05, 0) is 37.7 Å². The lowest BCUT2D eigenvalue weighted by Crippen LogP contribution is -3.13. The van der Waals surface area contributed by atoms with Crippen LogP contribution in [0.2, 0.25) is 0 Å². The van der Waals surface area contributed by atoms with E-state index in [4.69, 9.17) is 0 Å². The number of rotatable bonds is 5. The summed E-state index contributed by atoms with van der Waals surface area (Å²) in [6, 6.07) is 10.8. The number of quaternary nitrogens is 1. The Balaban J connectivity index is 1.44. The fourth-order valence-corrected chi connectivity index (χ4v) is 4.33. The van der Waals surface area contributed by atoms with Crippen molar-refractivity contribution in [3.8, 4) is 0 Å². The van der Waals surface area contributed by atoms with Crippen molar-refractivity contribution in [2.75, 3.05) is 32.7 Å². The molecule has 2 heterocycles. The molecule has 0 spiro atoms. The molecule has 132 valence electrons. The molecule has 1 aromatic carbocycles. The third kappa shape index (κ3) is 5.07. The number of aryl methyl sites for hydroxylation is 1. The molecule has 24 heavy (non-hydrogen) atoms. The molecule has 0 saturated carbocycles. The summed E-state index contributed by atoms with van der Waals surface area (Å²) in [5, 5.41) is 0. The van der Waals surface area contributed by atoms with Crippen LogP contribution in [0.25, 0.3) is 0 Å². The number of piperidine rings is 1. The van der Waals surface area contributed by atoms with E-state index in [9.17, 15) is 4.79 Å². The number of carbonyl (C=O) groups is 1. The highest BCUT2D eigenvalue weighted by atomic mass is 16.2. The van der Waals surface area contributed by atoms with Gasteiger partial charge in [-0.3, -0.25) is 4.79 Å². The molecule has 3 rings (SSSR count). The maximum atomic E-state index is 12.9. The van der Waals surface area contributed by atoms with E-state index < -0.39 is 0 Å². The number of nitrogens with zero attached hydrogens (tertiary/aromatic N) is 1. The molecule has 2 aliphatic heterocycles. The minimum atomic E-state index is 0.281. The van der Waals surface area contributed by atoms with Crippen LogP contribution < -0.4 is 4.90 Å². The van der Waals surface area contributed by atoms with Gasteiger partial charge in [0.2, 0.25) is 5.91 Å². The zero-order valence-electron chi connectivity index (χ0n) is 15.0. The summed E-state index contributed by atoms with van der Waals surface area (Å²) in [6.45, 7) is 5.51. The topological polar surface area (TPSA) is 24.8 Å². The van der Waals surface area contributed by atoms with Gasteiger partial charge in [0.15, 0.2) is 0 Å². The number of carbonyl (C=O) groups excluding carboxylic acids is 1. The number of hydrogen-bond acceptors (Lipinski definition) is 1. The lowest BCUT2D eigenvalue weighted by Gasteiger charge is -2.32. The van der Waals surface area contributed by atoms with Crippen molar-refractivity contribution in [3.05, 3.63) is 35.9 Å². The first kappa shape index (κ1) is 17.5. The monoisotopic (exact) mass is 329 g/mol. The molecule has 1 amide bonds. The van der Waals surface area contributed by atoms with Crippen LogP contribution in [0.4, 0.5) is 0 Å². The largest absolute Gasteiger partial charge is 0.342 e. The molecule has 0 aliphatic carbocycles. The molecule has 1 N–H and O–H groups in total. The number of benzene rings is 1. The zero-order valence-corrected chi connectivity index (χ0v) is 15.0. The Morgan fingerprint density at radius 3 is 2.54 bits per heavy atom. The van der Waals surface area contributed by atoms with Crippen LogP contribution in [0.3, 0.4) is 0 Å². The second-order valence-electron chi connectivity index (χ2n) is 7.62. The molecule has 2 saturated heterocycles. The van der Waals surface area contributed by atoms with Crippen molar-refractivity contribution in [1.29, 1.82) is 0 Å². The molecule has 0 radical (unpaired) electrons. The third-order valence-electron chi connectivity index (χ3n) is 5.72. The van der Waals surface area contributed by atoms with Crippen molar-refractivity contribution in [2.24, 2.45) is 5.92 Å². The predicted molar refractivity (Wildman–Crippen MR) is 98.1 cm³/mol. The highest BCUT2D eigenvalue weighted by Gasteiger charge is 2.31. The van der Waals surface area contributed by atoms with E-state index in [-0.39, 0.29) is 5.92 Å². The van der Waals surface area contributed by atoms with Gasteiger partial charge in [-0.1, -0.05) is 43.2 Å². The number of likely N-dealkylation sites (tertiary alicyclic amines) is 2. The van der Waals surface area contributed by atoms with Gasteiger partial charge in [0.25, 0.3) is 0 Å². The van der Waals surface area contributed by atoms with Gasteiger partial charge in [-0.25, -0.2) is 0 Å². The van der Waals surface area contributed by atoms with Gasteiger partial charge < -0.3 is 9.80 Å². The van der Waals surface area contributed by atoms with Crippen LogP contribution in [0, 0.1) is 5.92 Å². The standard InChI is InChI=1S/C21H32N2O/c24-21(23-16-6-1-2-7-17-23)20-13-9-15-22(18-20)14-8-12-19-10-4-3-5-11-19/h3-5,10-11,20H,1-2,6-9,12-18H2/p+1. The first-order valence-corrected chi connectivity index (χ1v) is 9.99. The van der Waals surface area contributed by atoms with Gasteiger partial charge in [0.05, 0.1) is 25.6 Å². The smallest absolute Gasteiger partial charge is 0.231 e. The Morgan fingerprint density at radius 1 is 1.04 bits per heavy atom. The van der Waals surface area contributed by atoms with Crippen LogP contribution >= 0.6 is 0 Å². The molecule has 3 heteroatoms. The van der Waals surface area contributed by atoms with Gasteiger partial charge in [0, 0.05) is 19.5 Å². The Hall–Kier alpha value is -1.35. The first-order valence-electron chi connectivity index (χ1n) is 9.99. The van der Waals surface area contributed by atoms with E-state index in [0.29, 0.717) is 5.91 Å². The van der Waals surface area contributed by atoms with Gasteiger partial charge in [-0.15, -0.1) is 0 Å². The molecule has 2 atom stereocenters. The zero-order chi connectivity index (χ0) is 16.6. The van der Waals surface area contributed by atoms with E-state index in [1.165, 1.54) is 57.2 Å². The molecule has 1 aromatic rings. The normalized spacial score (nSPS) is 25.2. The summed E-state index contributed by atoms with van der Waals surface area (Å²) in [6.07, 6.45) is 9.70. The molecule has 3 nitrogen and oxygen atoms in total. The number of nitrogens with one attached hydrogen (secondary N) is 1. The lowest BCUT2D eigenvalue weighted by atomic mass is 9.96. The molecule has 2 fully saturated rings. The summed E-state index contributed by atoms with van der Waals surface area (Å²) in [4.78, 5) is 16.7. The van der Waals surface area contributed by atoms with Crippen molar-refractivity contribution >= 4 is 5.91 Å². The Bertz CT molecular complexity index is 494. The van der Waals surface area contributed by atoms with Crippen molar-refractivity contribution < 1.29 is 9.69 Å². The van der Waals surface area contributed by atoms with Crippen LogP contribution in [0.5, 0.6) is 0 Å². The second kappa shape index (κ2) is 9.22. The Morgan fingerprint density at radius 2 is 1.79 bits per heavy atom. The maximum Gasteiger partial charge on any atom is 0.231 e. The Labute approximate surface area is 147 Å². The minimum absolute atomic E-state index is 0.281. The number of amides is 1. The van der Waals surface area contributed by atoms with Crippen molar-refractivity contribution in [3.63, 3.8) is 0 Å². The number of hydrogen-bond donors (Lipinski definition) is 1. The van der Waals surface area contributed by atoms with E-state index in [0.717, 1.165) is 32.5 Å². The van der Waals surface area contributed by atoms with Crippen molar-refractivity contribution in [2.45, 2.75) is 51.4 Å². The average molecular weight is 330 g/mol. The first-order chi connectivity index (χ1) is 11.8. The van der Waals surface area contributed by atoms with Crippen LogP contribution in [-0.4, -0.2) is 43.5 Å². The van der Waals surface area contributed by atoms with Crippen LogP contribution in [0.1, 0.15) is 50.5 Å². The van der Waals surface area contributed by atoms with E-state index in [2.05, 4.69) is 35.2 Å². The van der Waals surface area contributed by atoms with E-state index >= 15 is 0 Å². The van der Waals surface area contributed by atoms with Crippen LogP contribution in [0.15, 0.2) is 30.3 Å².